The van der Waals surface area contributed by atoms with E-state index in [4.69, 9.17) is 14.6 Å². The first kappa shape index (κ1) is 15.9. The fourth-order valence-corrected chi connectivity index (χ4v) is 2.56. The van der Waals surface area contributed by atoms with Crippen LogP contribution in [0.25, 0.3) is 6.08 Å². The fraction of sp³-hybridized carbons (Fsp3) is 0.438. The average Bonchev–Trinajstić information content (AvgIpc) is 3.24. The Morgan fingerprint density at radius 1 is 1.43 bits per heavy atom. The fourth-order valence-electron chi connectivity index (χ4n) is 1.99. The van der Waals surface area contributed by atoms with Gasteiger partial charge in [0.2, 0.25) is 0 Å². The summed E-state index contributed by atoms with van der Waals surface area (Å²) < 4.78 is 12.2. The molecule has 1 aliphatic rings. The topological polar surface area (TPSA) is 55.8 Å². The van der Waals surface area contributed by atoms with Gasteiger partial charge < -0.3 is 14.6 Å². The molecule has 0 aliphatic heterocycles. The molecule has 0 unspecified atom stereocenters. The van der Waals surface area contributed by atoms with Crippen molar-refractivity contribution in [2.75, 3.05) is 13.2 Å². The molecule has 2 rings (SSSR count). The van der Waals surface area contributed by atoms with E-state index in [9.17, 15) is 4.79 Å². The van der Waals surface area contributed by atoms with Crippen LogP contribution in [0.5, 0.6) is 11.5 Å². The second kappa shape index (κ2) is 7.50. The molecule has 1 fully saturated rings. The van der Waals surface area contributed by atoms with Crippen molar-refractivity contribution in [3.63, 3.8) is 0 Å². The van der Waals surface area contributed by atoms with Gasteiger partial charge in [-0.15, -0.1) is 0 Å². The summed E-state index contributed by atoms with van der Waals surface area (Å²) in [7, 11) is 0. The maximum atomic E-state index is 10.6. The van der Waals surface area contributed by atoms with E-state index in [1.54, 1.807) is 6.07 Å². The third kappa shape index (κ3) is 5.08. The number of rotatable bonds is 8. The van der Waals surface area contributed by atoms with Crippen LogP contribution in [-0.4, -0.2) is 24.3 Å². The Balaban J connectivity index is 2.14. The minimum absolute atomic E-state index is 0.525. The van der Waals surface area contributed by atoms with Crippen molar-refractivity contribution in [3.05, 3.63) is 28.2 Å². The standard InChI is InChI=1S/C16H19BrO4/c1-2-20-14-10-12(5-6-15(18)19)9-13(17)16(14)21-8-7-11-3-4-11/h5-6,9-11H,2-4,7-8H2,1H3,(H,18,19). The van der Waals surface area contributed by atoms with Crippen LogP contribution < -0.4 is 9.47 Å². The lowest BCUT2D eigenvalue weighted by atomic mass is 10.2. The lowest BCUT2D eigenvalue weighted by molar-refractivity contribution is -0.131. The summed E-state index contributed by atoms with van der Waals surface area (Å²) in [5, 5.41) is 8.69. The number of benzene rings is 1. The van der Waals surface area contributed by atoms with Crippen LogP contribution >= 0.6 is 15.9 Å². The quantitative estimate of drug-likeness (QED) is 0.713. The van der Waals surface area contributed by atoms with Gasteiger partial charge in [-0.05, 0) is 59.0 Å². The molecule has 0 amide bonds. The molecule has 1 aromatic rings. The molecule has 0 bridgehead atoms. The van der Waals surface area contributed by atoms with E-state index in [0.29, 0.717) is 24.7 Å². The molecule has 0 aromatic heterocycles. The van der Waals surface area contributed by atoms with E-state index in [1.165, 1.54) is 18.9 Å². The number of carboxylic acid groups (broad SMARTS) is 1. The zero-order valence-electron chi connectivity index (χ0n) is 12.0. The van der Waals surface area contributed by atoms with Crippen LogP contribution in [0.3, 0.4) is 0 Å². The van der Waals surface area contributed by atoms with Gasteiger partial charge in [-0.3, -0.25) is 0 Å². The van der Waals surface area contributed by atoms with Crippen LogP contribution in [0.4, 0.5) is 0 Å². The Bertz CT molecular complexity index is 535. The van der Waals surface area contributed by atoms with Gasteiger partial charge in [-0.25, -0.2) is 4.79 Å². The molecule has 1 aromatic carbocycles. The minimum atomic E-state index is -0.978. The number of carbonyl (C=O) groups is 1. The first-order valence-corrected chi connectivity index (χ1v) is 7.89. The van der Waals surface area contributed by atoms with Crippen molar-refractivity contribution in [2.45, 2.75) is 26.2 Å². The summed E-state index contributed by atoms with van der Waals surface area (Å²) in [5.41, 5.74) is 0.752. The summed E-state index contributed by atoms with van der Waals surface area (Å²) in [6, 6.07) is 3.62. The molecule has 4 nitrogen and oxygen atoms in total. The summed E-state index contributed by atoms with van der Waals surface area (Å²) in [4.78, 5) is 10.6. The molecule has 1 saturated carbocycles. The summed E-state index contributed by atoms with van der Waals surface area (Å²) in [5.74, 6) is 1.16. The van der Waals surface area contributed by atoms with Crippen molar-refractivity contribution in [2.24, 2.45) is 5.92 Å². The van der Waals surface area contributed by atoms with Gasteiger partial charge in [0.15, 0.2) is 11.5 Å². The Morgan fingerprint density at radius 2 is 2.19 bits per heavy atom. The predicted octanol–water partition coefficient (Wildman–Crippen LogP) is 4.12. The molecular formula is C16H19BrO4. The van der Waals surface area contributed by atoms with E-state index in [-0.39, 0.29) is 0 Å². The molecular weight excluding hydrogens is 336 g/mol. The van der Waals surface area contributed by atoms with Crippen LogP contribution in [0.2, 0.25) is 0 Å². The SMILES string of the molecule is CCOc1cc(C=CC(=O)O)cc(Br)c1OCCC1CC1. The van der Waals surface area contributed by atoms with Crippen LogP contribution in [0, 0.1) is 5.92 Å². The largest absolute Gasteiger partial charge is 0.490 e. The summed E-state index contributed by atoms with van der Waals surface area (Å²) >= 11 is 3.47. The zero-order valence-corrected chi connectivity index (χ0v) is 13.6. The van der Waals surface area contributed by atoms with Gasteiger partial charge in [0.25, 0.3) is 0 Å². The van der Waals surface area contributed by atoms with Crippen LogP contribution in [-0.2, 0) is 4.79 Å². The van der Waals surface area contributed by atoms with Gasteiger partial charge in [-0.1, -0.05) is 12.8 Å². The Morgan fingerprint density at radius 3 is 2.81 bits per heavy atom. The van der Waals surface area contributed by atoms with Crippen molar-refractivity contribution < 1.29 is 19.4 Å². The number of ether oxygens (including phenoxy) is 2. The van der Waals surface area contributed by atoms with Gasteiger partial charge in [-0.2, -0.15) is 0 Å². The lowest BCUT2D eigenvalue weighted by Crippen LogP contribution is -2.02. The maximum Gasteiger partial charge on any atom is 0.328 e. The number of halogens is 1. The van der Waals surface area contributed by atoms with Crippen molar-refractivity contribution in [1.82, 2.24) is 0 Å². The normalized spacial score (nSPS) is 14.4. The maximum absolute atomic E-state index is 10.6. The number of hydrogen-bond donors (Lipinski definition) is 1. The summed E-state index contributed by atoms with van der Waals surface area (Å²) in [6.07, 6.45) is 6.32. The second-order valence-electron chi connectivity index (χ2n) is 5.02. The zero-order chi connectivity index (χ0) is 15.2. The summed E-state index contributed by atoms with van der Waals surface area (Å²) in [6.45, 7) is 3.10. The average molecular weight is 355 g/mol. The minimum Gasteiger partial charge on any atom is -0.490 e. The van der Waals surface area contributed by atoms with Gasteiger partial charge in [0, 0.05) is 6.08 Å². The molecule has 0 radical (unpaired) electrons. The van der Waals surface area contributed by atoms with Gasteiger partial charge in [0.05, 0.1) is 17.7 Å². The highest BCUT2D eigenvalue weighted by Crippen LogP contribution is 2.38. The number of carboxylic acids is 1. The van der Waals surface area contributed by atoms with E-state index < -0.39 is 5.97 Å². The molecule has 114 valence electrons. The van der Waals surface area contributed by atoms with E-state index >= 15 is 0 Å². The highest BCUT2D eigenvalue weighted by Gasteiger charge is 2.21. The van der Waals surface area contributed by atoms with Crippen molar-refractivity contribution in [1.29, 1.82) is 0 Å². The second-order valence-corrected chi connectivity index (χ2v) is 5.87. The lowest BCUT2D eigenvalue weighted by Gasteiger charge is -2.14. The number of aliphatic carboxylic acids is 1. The van der Waals surface area contributed by atoms with Crippen LogP contribution in [0.15, 0.2) is 22.7 Å². The smallest absolute Gasteiger partial charge is 0.328 e. The Hall–Kier alpha value is -1.49. The molecule has 0 atom stereocenters. The molecule has 1 aliphatic carbocycles. The van der Waals surface area contributed by atoms with E-state index in [1.807, 2.05) is 13.0 Å². The first-order valence-electron chi connectivity index (χ1n) is 7.10. The predicted molar refractivity (Wildman–Crippen MR) is 84.8 cm³/mol. The van der Waals surface area contributed by atoms with Gasteiger partial charge >= 0.3 is 5.97 Å². The molecule has 5 heteroatoms. The third-order valence-electron chi connectivity index (χ3n) is 3.22. The Kier molecular flexibility index (Phi) is 5.67. The van der Waals surface area contributed by atoms with E-state index in [2.05, 4.69) is 15.9 Å². The van der Waals surface area contributed by atoms with Crippen LogP contribution in [0.1, 0.15) is 31.7 Å². The molecule has 0 spiro atoms. The highest BCUT2D eigenvalue weighted by atomic mass is 79.9. The monoisotopic (exact) mass is 354 g/mol. The van der Waals surface area contributed by atoms with Gasteiger partial charge in [0.1, 0.15) is 0 Å². The molecule has 0 saturated heterocycles. The Labute approximate surface area is 132 Å². The van der Waals surface area contributed by atoms with Crippen molar-refractivity contribution in [3.8, 4) is 11.5 Å². The van der Waals surface area contributed by atoms with E-state index in [0.717, 1.165) is 28.5 Å². The molecule has 0 heterocycles. The third-order valence-corrected chi connectivity index (χ3v) is 3.81. The number of hydrogen-bond acceptors (Lipinski definition) is 3. The molecule has 1 N–H and O–H groups in total. The molecule has 21 heavy (non-hydrogen) atoms. The van der Waals surface area contributed by atoms with Crippen molar-refractivity contribution >= 4 is 28.0 Å². The first-order chi connectivity index (χ1) is 10.1. The highest BCUT2D eigenvalue weighted by molar-refractivity contribution is 9.10.